The van der Waals surface area contributed by atoms with Crippen LogP contribution in [0.1, 0.15) is 19.3 Å². The molecule has 0 aromatic heterocycles. The second-order valence-corrected chi connectivity index (χ2v) is 5.04. The Bertz CT molecular complexity index is 185. The summed E-state index contributed by atoms with van der Waals surface area (Å²) in [6.45, 7) is 2.14. The molecular weight excluding hydrogens is 245 g/mol. The second-order valence-electron chi connectivity index (χ2n) is 3.37. The fraction of sp³-hybridized carbons (Fsp3) is 1.00. The lowest BCUT2D eigenvalue weighted by Crippen LogP contribution is -2.10. The average Bonchev–Trinajstić information content (AvgIpc) is 2.30. The summed E-state index contributed by atoms with van der Waals surface area (Å²) in [7, 11) is -3.48. The van der Waals surface area contributed by atoms with E-state index in [2.05, 4.69) is 0 Å². The molecule has 0 aromatic carbocycles. The van der Waals surface area contributed by atoms with Crippen LogP contribution in [0.2, 0.25) is 0 Å². The van der Waals surface area contributed by atoms with Gasteiger partial charge in [-0.3, -0.25) is 13.6 Å². The standard InChI is InChI=1S/C9H24N3O4P/c10-4-1-7-14-17(13,15-8-2-5-11)16-9-3-6-12/h1-12H2. The predicted octanol–water partition coefficient (Wildman–Crippen LogP) is 0.191. The molecule has 6 N–H and O–H groups in total. The minimum absolute atomic E-state index is 0.249. The fourth-order valence-electron chi connectivity index (χ4n) is 0.891. The van der Waals surface area contributed by atoms with Crippen LogP contribution in [-0.4, -0.2) is 39.5 Å². The molecule has 17 heavy (non-hydrogen) atoms. The van der Waals surface area contributed by atoms with E-state index in [-0.39, 0.29) is 19.8 Å². The van der Waals surface area contributed by atoms with Crippen LogP contribution >= 0.6 is 7.82 Å². The van der Waals surface area contributed by atoms with Gasteiger partial charge in [-0.1, -0.05) is 0 Å². The Morgan fingerprint density at radius 2 is 1.00 bits per heavy atom. The molecule has 0 unspecified atom stereocenters. The van der Waals surface area contributed by atoms with Gasteiger partial charge in [0.2, 0.25) is 0 Å². The van der Waals surface area contributed by atoms with Gasteiger partial charge in [0.15, 0.2) is 0 Å². The normalized spacial score (nSPS) is 11.9. The molecule has 0 aliphatic carbocycles. The number of hydrogen-bond donors (Lipinski definition) is 3. The maximum Gasteiger partial charge on any atom is 0.474 e. The third-order valence-corrected chi connectivity index (χ3v) is 3.29. The first-order chi connectivity index (χ1) is 8.18. The molecule has 104 valence electrons. The molecule has 0 radical (unpaired) electrons. The summed E-state index contributed by atoms with van der Waals surface area (Å²) in [6.07, 6.45) is 1.81. The maximum atomic E-state index is 12.0. The van der Waals surface area contributed by atoms with E-state index < -0.39 is 7.82 Å². The molecule has 0 aliphatic heterocycles. The summed E-state index contributed by atoms with van der Waals surface area (Å²) in [5.41, 5.74) is 16.0. The number of nitrogens with two attached hydrogens (primary N) is 3. The number of phosphoric acid groups is 1. The quantitative estimate of drug-likeness (QED) is 0.341. The Balaban J connectivity index is 4.00. The predicted molar refractivity (Wildman–Crippen MR) is 66.5 cm³/mol. The highest BCUT2D eigenvalue weighted by Crippen LogP contribution is 2.49. The summed E-state index contributed by atoms with van der Waals surface area (Å²) in [6, 6.07) is 0. The molecule has 0 fully saturated rings. The zero-order valence-electron chi connectivity index (χ0n) is 10.2. The van der Waals surface area contributed by atoms with E-state index in [1.165, 1.54) is 0 Å². The molecule has 8 heteroatoms. The van der Waals surface area contributed by atoms with E-state index in [4.69, 9.17) is 30.8 Å². The van der Waals surface area contributed by atoms with Gasteiger partial charge in [-0.05, 0) is 38.9 Å². The third-order valence-electron chi connectivity index (χ3n) is 1.79. The van der Waals surface area contributed by atoms with Crippen LogP contribution in [0.25, 0.3) is 0 Å². The lowest BCUT2D eigenvalue weighted by Gasteiger charge is -2.17. The van der Waals surface area contributed by atoms with Crippen LogP contribution in [0.5, 0.6) is 0 Å². The molecule has 0 atom stereocenters. The molecule has 0 heterocycles. The molecule has 0 bridgehead atoms. The molecule has 0 saturated carbocycles. The van der Waals surface area contributed by atoms with E-state index in [9.17, 15) is 4.57 Å². The van der Waals surface area contributed by atoms with Gasteiger partial charge in [-0.2, -0.15) is 0 Å². The summed E-state index contributed by atoms with van der Waals surface area (Å²) in [4.78, 5) is 0. The van der Waals surface area contributed by atoms with Crippen molar-refractivity contribution in [1.29, 1.82) is 0 Å². The molecule has 0 amide bonds. The minimum atomic E-state index is -3.48. The Morgan fingerprint density at radius 3 is 1.24 bits per heavy atom. The van der Waals surface area contributed by atoms with Crippen molar-refractivity contribution >= 4 is 7.82 Å². The minimum Gasteiger partial charge on any atom is -0.330 e. The Kier molecular flexibility index (Phi) is 11.1. The number of hydrogen-bond acceptors (Lipinski definition) is 7. The molecule has 0 aliphatic rings. The van der Waals surface area contributed by atoms with Crippen molar-refractivity contribution < 1.29 is 18.1 Å². The van der Waals surface area contributed by atoms with Crippen LogP contribution in [0.4, 0.5) is 0 Å². The van der Waals surface area contributed by atoms with Crippen molar-refractivity contribution in [3.8, 4) is 0 Å². The van der Waals surface area contributed by atoms with Crippen molar-refractivity contribution in [2.45, 2.75) is 19.3 Å². The van der Waals surface area contributed by atoms with Crippen LogP contribution in [0, 0.1) is 0 Å². The highest BCUT2D eigenvalue weighted by molar-refractivity contribution is 7.48. The highest BCUT2D eigenvalue weighted by Gasteiger charge is 2.25. The monoisotopic (exact) mass is 269 g/mol. The lowest BCUT2D eigenvalue weighted by atomic mass is 10.5. The molecule has 0 saturated heterocycles. The maximum absolute atomic E-state index is 12.0. The van der Waals surface area contributed by atoms with Crippen LogP contribution in [0.3, 0.4) is 0 Å². The summed E-state index contributed by atoms with van der Waals surface area (Å²) in [5.74, 6) is 0. The van der Waals surface area contributed by atoms with Crippen molar-refractivity contribution in [2.75, 3.05) is 39.5 Å². The Morgan fingerprint density at radius 1 is 0.706 bits per heavy atom. The SMILES string of the molecule is NCCCOP(=O)(OCCCN)OCCCN. The first-order valence-corrected chi connectivity index (χ1v) is 7.28. The van der Waals surface area contributed by atoms with Gasteiger partial charge in [-0.25, -0.2) is 4.57 Å². The summed E-state index contributed by atoms with van der Waals surface area (Å²) >= 11 is 0. The van der Waals surface area contributed by atoms with Gasteiger partial charge in [0.1, 0.15) is 0 Å². The van der Waals surface area contributed by atoms with Gasteiger partial charge in [-0.15, -0.1) is 0 Å². The smallest absolute Gasteiger partial charge is 0.330 e. The first kappa shape index (κ1) is 17.0. The van der Waals surface area contributed by atoms with E-state index in [0.717, 1.165) is 0 Å². The molecule has 0 aromatic rings. The van der Waals surface area contributed by atoms with E-state index in [1.54, 1.807) is 0 Å². The average molecular weight is 269 g/mol. The van der Waals surface area contributed by atoms with Crippen LogP contribution < -0.4 is 17.2 Å². The van der Waals surface area contributed by atoms with Crippen LogP contribution in [-0.2, 0) is 18.1 Å². The van der Waals surface area contributed by atoms with Crippen molar-refractivity contribution in [3.63, 3.8) is 0 Å². The molecule has 0 spiro atoms. The van der Waals surface area contributed by atoms with Gasteiger partial charge >= 0.3 is 7.82 Å². The van der Waals surface area contributed by atoms with Crippen molar-refractivity contribution in [2.24, 2.45) is 17.2 Å². The molecule has 0 rings (SSSR count). The second kappa shape index (κ2) is 11.1. The largest absolute Gasteiger partial charge is 0.474 e. The Labute approximate surface area is 103 Å². The van der Waals surface area contributed by atoms with Crippen LogP contribution in [0.15, 0.2) is 0 Å². The van der Waals surface area contributed by atoms with Gasteiger partial charge in [0.05, 0.1) is 19.8 Å². The van der Waals surface area contributed by atoms with Crippen molar-refractivity contribution in [1.82, 2.24) is 0 Å². The van der Waals surface area contributed by atoms with Gasteiger partial charge < -0.3 is 17.2 Å². The zero-order chi connectivity index (χ0) is 13.0. The fourth-order valence-corrected chi connectivity index (χ4v) is 2.17. The van der Waals surface area contributed by atoms with E-state index in [0.29, 0.717) is 38.9 Å². The molecule has 7 nitrogen and oxygen atoms in total. The van der Waals surface area contributed by atoms with E-state index in [1.807, 2.05) is 0 Å². The number of phosphoric ester groups is 1. The Hall–Kier alpha value is -0.0100. The topological polar surface area (TPSA) is 123 Å². The number of rotatable bonds is 12. The summed E-state index contributed by atoms with van der Waals surface area (Å²) in [5, 5.41) is 0. The first-order valence-electron chi connectivity index (χ1n) is 5.82. The molecular formula is C9H24N3O4P. The van der Waals surface area contributed by atoms with E-state index >= 15 is 0 Å². The third kappa shape index (κ3) is 9.67. The van der Waals surface area contributed by atoms with Crippen molar-refractivity contribution in [3.05, 3.63) is 0 Å². The zero-order valence-corrected chi connectivity index (χ0v) is 11.1. The lowest BCUT2D eigenvalue weighted by molar-refractivity contribution is 0.112. The summed E-state index contributed by atoms with van der Waals surface area (Å²) < 4.78 is 27.4. The van der Waals surface area contributed by atoms with Gasteiger partial charge in [0, 0.05) is 0 Å². The van der Waals surface area contributed by atoms with Gasteiger partial charge in [0.25, 0.3) is 0 Å². The highest BCUT2D eigenvalue weighted by atomic mass is 31.2.